The van der Waals surface area contributed by atoms with Crippen LogP contribution in [0.2, 0.25) is 0 Å². The van der Waals surface area contributed by atoms with E-state index in [2.05, 4.69) is 68.5 Å². The summed E-state index contributed by atoms with van der Waals surface area (Å²) in [6.45, 7) is 11.9. The molecule has 1 aliphatic rings. The van der Waals surface area contributed by atoms with Gasteiger partial charge in [-0.1, -0.05) is 24.3 Å². The van der Waals surface area contributed by atoms with Gasteiger partial charge in [-0.3, -0.25) is 4.90 Å². The van der Waals surface area contributed by atoms with Crippen molar-refractivity contribution in [2.24, 2.45) is 4.99 Å². The standard InChI is InChI=1S/C22H33N7.HI/c1-3-23-21(27-18-20-9-5-4-8-19(20)2)24-12-7-13-28-14-16-29(17-15-28)22-25-10-6-11-26-22;/h4-6,8-11H,3,7,12-18H2,1-2H3,(H2,23,24,27);1H. The van der Waals surface area contributed by atoms with Gasteiger partial charge in [0, 0.05) is 51.7 Å². The molecule has 0 amide bonds. The molecule has 0 atom stereocenters. The van der Waals surface area contributed by atoms with Crippen LogP contribution < -0.4 is 15.5 Å². The van der Waals surface area contributed by atoms with Crippen molar-refractivity contribution >= 4 is 35.9 Å². The number of benzene rings is 1. The molecule has 8 heteroatoms. The lowest BCUT2D eigenvalue weighted by molar-refractivity contribution is 0.254. The molecule has 0 saturated carbocycles. The van der Waals surface area contributed by atoms with E-state index in [1.807, 2.05) is 18.5 Å². The van der Waals surface area contributed by atoms with Crippen molar-refractivity contribution in [3.05, 3.63) is 53.9 Å². The van der Waals surface area contributed by atoms with E-state index in [0.29, 0.717) is 6.54 Å². The number of rotatable bonds is 8. The average Bonchev–Trinajstić information content (AvgIpc) is 2.77. The molecule has 0 bridgehead atoms. The number of hydrogen-bond acceptors (Lipinski definition) is 5. The lowest BCUT2D eigenvalue weighted by Gasteiger charge is -2.34. The highest BCUT2D eigenvalue weighted by Crippen LogP contribution is 2.10. The minimum absolute atomic E-state index is 0. The minimum Gasteiger partial charge on any atom is -0.357 e. The van der Waals surface area contributed by atoms with Crippen molar-refractivity contribution in [1.82, 2.24) is 25.5 Å². The van der Waals surface area contributed by atoms with Gasteiger partial charge in [0.2, 0.25) is 5.95 Å². The monoisotopic (exact) mass is 523 g/mol. The molecule has 1 saturated heterocycles. The van der Waals surface area contributed by atoms with Crippen molar-refractivity contribution in [1.29, 1.82) is 0 Å². The van der Waals surface area contributed by atoms with E-state index < -0.39 is 0 Å². The number of guanidine groups is 1. The zero-order valence-corrected chi connectivity index (χ0v) is 20.4. The number of anilines is 1. The molecule has 1 aliphatic heterocycles. The SMILES string of the molecule is CCNC(=NCc1ccccc1C)NCCCN1CCN(c2ncccn2)CC1.I. The Bertz CT molecular complexity index is 761. The fraction of sp³-hybridized carbons (Fsp3) is 0.500. The Balaban J connectivity index is 0.00000320. The van der Waals surface area contributed by atoms with E-state index in [1.54, 1.807) is 0 Å². The van der Waals surface area contributed by atoms with Crippen LogP contribution >= 0.6 is 24.0 Å². The maximum atomic E-state index is 4.73. The topological polar surface area (TPSA) is 68.7 Å². The summed E-state index contributed by atoms with van der Waals surface area (Å²) in [6, 6.07) is 10.3. The lowest BCUT2D eigenvalue weighted by atomic mass is 10.1. The zero-order valence-electron chi connectivity index (χ0n) is 18.0. The number of aromatic nitrogens is 2. The Labute approximate surface area is 197 Å². The number of hydrogen-bond donors (Lipinski definition) is 2. The summed E-state index contributed by atoms with van der Waals surface area (Å²) < 4.78 is 0. The van der Waals surface area contributed by atoms with Gasteiger partial charge in [-0.2, -0.15) is 0 Å². The number of nitrogens with zero attached hydrogens (tertiary/aromatic N) is 5. The first kappa shape index (κ1) is 24.3. The molecule has 0 unspecified atom stereocenters. The van der Waals surface area contributed by atoms with E-state index in [4.69, 9.17) is 4.99 Å². The Morgan fingerprint density at radius 1 is 1.03 bits per heavy atom. The van der Waals surface area contributed by atoms with Crippen molar-refractivity contribution in [2.75, 3.05) is 50.7 Å². The van der Waals surface area contributed by atoms with Gasteiger partial charge in [-0.15, -0.1) is 24.0 Å². The van der Waals surface area contributed by atoms with Gasteiger partial charge in [0.1, 0.15) is 0 Å². The van der Waals surface area contributed by atoms with E-state index >= 15 is 0 Å². The molecule has 0 radical (unpaired) electrons. The van der Waals surface area contributed by atoms with Crippen LogP contribution in [0, 0.1) is 6.92 Å². The summed E-state index contributed by atoms with van der Waals surface area (Å²) in [4.78, 5) is 18.2. The van der Waals surface area contributed by atoms with Gasteiger partial charge in [-0.25, -0.2) is 15.0 Å². The maximum Gasteiger partial charge on any atom is 0.225 e. The third kappa shape index (κ3) is 7.71. The van der Waals surface area contributed by atoms with E-state index in [1.165, 1.54) is 11.1 Å². The predicted octanol–water partition coefficient (Wildman–Crippen LogP) is 2.67. The first-order chi connectivity index (χ1) is 14.3. The first-order valence-corrected chi connectivity index (χ1v) is 10.6. The summed E-state index contributed by atoms with van der Waals surface area (Å²) in [5, 5.41) is 6.81. The quantitative estimate of drug-likeness (QED) is 0.240. The van der Waals surface area contributed by atoms with E-state index in [-0.39, 0.29) is 24.0 Å². The molecular weight excluding hydrogens is 489 g/mol. The third-order valence-corrected chi connectivity index (χ3v) is 5.16. The molecule has 1 fully saturated rings. The van der Waals surface area contributed by atoms with Crippen LogP contribution in [0.5, 0.6) is 0 Å². The number of halogens is 1. The summed E-state index contributed by atoms with van der Waals surface area (Å²) in [6.07, 6.45) is 4.71. The van der Waals surface area contributed by atoms with Gasteiger partial charge in [0.25, 0.3) is 0 Å². The molecule has 30 heavy (non-hydrogen) atoms. The molecule has 2 heterocycles. The molecule has 3 rings (SSSR count). The van der Waals surface area contributed by atoms with Crippen LogP contribution in [0.3, 0.4) is 0 Å². The average molecular weight is 523 g/mol. The number of nitrogens with one attached hydrogen (secondary N) is 2. The lowest BCUT2D eigenvalue weighted by Crippen LogP contribution is -2.47. The van der Waals surface area contributed by atoms with Crippen molar-refractivity contribution in [3.8, 4) is 0 Å². The third-order valence-electron chi connectivity index (χ3n) is 5.16. The van der Waals surface area contributed by atoms with Crippen LogP contribution in [0.1, 0.15) is 24.5 Å². The molecule has 1 aromatic carbocycles. The smallest absolute Gasteiger partial charge is 0.225 e. The summed E-state index contributed by atoms with van der Waals surface area (Å²) in [5.41, 5.74) is 2.55. The minimum atomic E-state index is 0. The first-order valence-electron chi connectivity index (χ1n) is 10.6. The van der Waals surface area contributed by atoms with Crippen molar-refractivity contribution < 1.29 is 0 Å². The van der Waals surface area contributed by atoms with Crippen LogP contribution in [-0.2, 0) is 6.54 Å². The molecule has 164 valence electrons. The van der Waals surface area contributed by atoms with Gasteiger partial charge in [-0.05, 0) is 44.0 Å². The second-order valence-corrected chi connectivity index (χ2v) is 7.28. The predicted molar refractivity (Wildman–Crippen MR) is 135 cm³/mol. The summed E-state index contributed by atoms with van der Waals surface area (Å²) in [7, 11) is 0. The van der Waals surface area contributed by atoms with Gasteiger partial charge in [0.15, 0.2) is 5.96 Å². The number of aryl methyl sites for hydroxylation is 1. The largest absolute Gasteiger partial charge is 0.357 e. The Kier molecular flexibility index (Phi) is 10.9. The number of aliphatic imine (C=N–C) groups is 1. The molecule has 7 nitrogen and oxygen atoms in total. The summed E-state index contributed by atoms with van der Waals surface area (Å²) >= 11 is 0. The van der Waals surface area contributed by atoms with Crippen LogP contribution in [0.25, 0.3) is 0 Å². The highest BCUT2D eigenvalue weighted by molar-refractivity contribution is 14.0. The second kappa shape index (κ2) is 13.4. The summed E-state index contributed by atoms with van der Waals surface area (Å²) in [5.74, 6) is 1.73. The van der Waals surface area contributed by atoms with E-state index in [0.717, 1.165) is 64.1 Å². The van der Waals surface area contributed by atoms with Gasteiger partial charge in [0.05, 0.1) is 6.54 Å². The fourth-order valence-corrected chi connectivity index (χ4v) is 3.43. The Morgan fingerprint density at radius 3 is 2.47 bits per heavy atom. The van der Waals surface area contributed by atoms with Crippen LogP contribution in [0.15, 0.2) is 47.7 Å². The normalized spacial score (nSPS) is 14.9. The molecular formula is C22H34IN7. The highest BCUT2D eigenvalue weighted by atomic mass is 127. The van der Waals surface area contributed by atoms with Gasteiger partial charge >= 0.3 is 0 Å². The Morgan fingerprint density at radius 2 is 1.77 bits per heavy atom. The molecule has 2 aromatic rings. The van der Waals surface area contributed by atoms with Crippen molar-refractivity contribution in [2.45, 2.75) is 26.8 Å². The van der Waals surface area contributed by atoms with E-state index in [9.17, 15) is 0 Å². The van der Waals surface area contributed by atoms with Crippen molar-refractivity contribution in [3.63, 3.8) is 0 Å². The zero-order chi connectivity index (χ0) is 20.3. The molecule has 0 spiro atoms. The number of piperazine rings is 1. The molecule has 2 N–H and O–H groups in total. The van der Waals surface area contributed by atoms with Crippen LogP contribution in [0.4, 0.5) is 5.95 Å². The van der Waals surface area contributed by atoms with Crippen LogP contribution in [-0.4, -0.2) is 66.6 Å². The fourth-order valence-electron chi connectivity index (χ4n) is 3.43. The molecule has 0 aliphatic carbocycles. The molecule has 1 aromatic heterocycles. The van der Waals surface area contributed by atoms with Gasteiger partial charge < -0.3 is 15.5 Å². The second-order valence-electron chi connectivity index (χ2n) is 7.28. The maximum absolute atomic E-state index is 4.73. The highest BCUT2D eigenvalue weighted by Gasteiger charge is 2.18. The Hall–Kier alpha value is -1.94.